The van der Waals surface area contributed by atoms with E-state index in [0.29, 0.717) is 5.92 Å². The molecule has 0 bridgehead atoms. The molecular weight excluding hydrogens is 214 g/mol. The maximum atomic E-state index is 11.8. The Bertz CT molecular complexity index is 307. The first-order valence-electron chi connectivity index (χ1n) is 7.21. The molecule has 17 heavy (non-hydrogen) atoms. The lowest BCUT2D eigenvalue weighted by Gasteiger charge is -2.44. The average molecular weight is 237 g/mol. The summed E-state index contributed by atoms with van der Waals surface area (Å²) in [7, 11) is 0. The Kier molecular flexibility index (Phi) is 2.89. The van der Waals surface area contributed by atoms with Crippen LogP contribution in [0.25, 0.3) is 0 Å². The van der Waals surface area contributed by atoms with Gasteiger partial charge in [0.1, 0.15) is 5.54 Å². The van der Waals surface area contributed by atoms with Gasteiger partial charge < -0.3 is 5.11 Å². The summed E-state index contributed by atoms with van der Waals surface area (Å²) >= 11 is 0. The van der Waals surface area contributed by atoms with Crippen molar-refractivity contribution in [1.82, 2.24) is 4.90 Å². The van der Waals surface area contributed by atoms with E-state index in [1.807, 2.05) is 0 Å². The lowest BCUT2D eigenvalue weighted by atomic mass is 9.73. The Morgan fingerprint density at radius 3 is 2.35 bits per heavy atom. The van der Waals surface area contributed by atoms with E-state index in [9.17, 15) is 9.90 Å². The minimum Gasteiger partial charge on any atom is -0.480 e. The molecule has 1 heterocycles. The van der Waals surface area contributed by atoms with Gasteiger partial charge >= 0.3 is 5.97 Å². The van der Waals surface area contributed by atoms with E-state index in [4.69, 9.17) is 0 Å². The zero-order chi connectivity index (χ0) is 11.9. The molecule has 3 heteroatoms. The van der Waals surface area contributed by atoms with Crippen LogP contribution in [-0.2, 0) is 4.79 Å². The number of carbonyl (C=O) groups is 1. The van der Waals surface area contributed by atoms with Crippen LogP contribution >= 0.6 is 0 Å². The number of hydrogen-bond donors (Lipinski definition) is 1. The molecule has 0 spiro atoms. The fraction of sp³-hybridized carbons (Fsp3) is 0.929. The van der Waals surface area contributed by atoms with E-state index in [1.165, 1.54) is 32.1 Å². The van der Waals surface area contributed by atoms with Gasteiger partial charge in [-0.1, -0.05) is 12.8 Å². The molecule has 0 radical (unpaired) electrons. The Morgan fingerprint density at radius 1 is 1.06 bits per heavy atom. The van der Waals surface area contributed by atoms with E-state index in [0.717, 1.165) is 38.3 Å². The first kappa shape index (κ1) is 11.5. The Balaban J connectivity index is 1.79. The molecule has 3 nitrogen and oxygen atoms in total. The molecule has 0 aromatic heterocycles. The highest BCUT2D eigenvalue weighted by molar-refractivity contribution is 5.79. The summed E-state index contributed by atoms with van der Waals surface area (Å²) in [6.07, 6.45) is 9.25. The molecular formula is C14H23NO2. The van der Waals surface area contributed by atoms with Crippen LogP contribution in [0, 0.1) is 11.8 Å². The number of hydrogen-bond acceptors (Lipinski definition) is 2. The minimum absolute atomic E-state index is 0.498. The summed E-state index contributed by atoms with van der Waals surface area (Å²) in [6, 6.07) is 0. The average Bonchev–Trinajstić information content (AvgIpc) is 3.04. The SMILES string of the molecule is O=C(O)C1(N2CCCC2)CCCC(C2CC2)C1. The van der Waals surface area contributed by atoms with Crippen LogP contribution in [0.15, 0.2) is 0 Å². The molecule has 0 aromatic carbocycles. The molecule has 2 atom stereocenters. The first-order valence-corrected chi connectivity index (χ1v) is 7.21. The second-order valence-electron chi connectivity index (χ2n) is 6.22. The van der Waals surface area contributed by atoms with Crippen LogP contribution in [0.4, 0.5) is 0 Å². The number of carboxylic acid groups (broad SMARTS) is 1. The van der Waals surface area contributed by atoms with Crippen molar-refractivity contribution in [3.8, 4) is 0 Å². The Morgan fingerprint density at radius 2 is 1.76 bits per heavy atom. The molecule has 0 amide bonds. The van der Waals surface area contributed by atoms with Crippen LogP contribution in [-0.4, -0.2) is 34.6 Å². The molecule has 1 aliphatic heterocycles. The Hall–Kier alpha value is -0.570. The van der Waals surface area contributed by atoms with Gasteiger partial charge in [-0.15, -0.1) is 0 Å². The van der Waals surface area contributed by atoms with E-state index in [-0.39, 0.29) is 0 Å². The van der Waals surface area contributed by atoms with Gasteiger partial charge in [0.15, 0.2) is 0 Å². The van der Waals surface area contributed by atoms with Gasteiger partial charge in [0, 0.05) is 0 Å². The molecule has 0 aromatic rings. The van der Waals surface area contributed by atoms with Crippen molar-refractivity contribution < 1.29 is 9.90 Å². The highest BCUT2D eigenvalue weighted by Crippen LogP contribution is 2.48. The summed E-state index contributed by atoms with van der Waals surface area (Å²) in [4.78, 5) is 14.1. The Labute approximate surface area is 103 Å². The zero-order valence-electron chi connectivity index (χ0n) is 10.5. The van der Waals surface area contributed by atoms with Crippen LogP contribution in [0.2, 0.25) is 0 Å². The third kappa shape index (κ3) is 1.99. The van der Waals surface area contributed by atoms with Crippen molar-refractivity contribution in [2.45, 2.75) is 56.9 Å². The number of carboxylic acids is 1. The third-order valence-corrected chi connectivity index (χ3v) is 5.16. The zero-order valence-corrected chi connectivity index (χ0v) is 10.5. The molecule has 2 unspecified atom stereocenters. The van der Waals surface area contributed by atoms with E-state index in [2.05, 4.69) is 4.90 Å². The highest BCUT2D eigenvalue weighted by atomic mass is 16.4. The minimum atomic E-state index is -0.551. The lowest BCUT2D eigenvalue weighted by Crippen LogP contribution is -2.56. The molecule has 3 fully saturated rings. The maximum absolute atomic E-state index is 11.8. The largest absolute Gasteiger partial charge is 0.480 e. The van der Waals surface area contributed by atoms with Crippen LogP contribution in [0.1, 0.15) is 51.4 Å². The lowest BCUT2D eigenvalue weighted by molar-refractivity contribution is -0.155. The molecule has 1 saturated heterocycles. The van der Waals surface area contributed by atoms with E-state index in [1.54, 1.807) is 0 Å². The number of likely N-dealkylation sites (tertiary alicyclic amines) is 1. The van der Waals surface area contributed by atoms with Crippen LogP contribution in [0.3, 0.4) is 0 Å². The number of nitrogens with zero attached hydrogens (tertiary/aromatic N) is 1. The topological polar surface area (TPSA) is 40.5 Å². The number of rotatable bonds is 3. The smallest absolute Gasteiger partial charge is 0.324 e. The van der Waals surface area contributed by atoms with E-state index < -0.39 is 11.5 Å². The molecule has 96 valence electrons. The fourth-order valence-corrected chi connectivity index (χ4v) is 4.03. The van der Waals surface area contributed by atoms with Crippen molar-refractivity contribution in [3.63, 3.8) is 0 Å². The molecule has 2 aliphatic carbocycles. The summed E-state index contributed by atoms with van der Waals surface area (Å²) in [5.41, 5.74) is -0.498. The van der Waals surface area contributed by atoms with Crippen molar-refractivity contribution in [3.05, 3.63) is 0 Å². The fourth-order valence-electron chi connectivity index (χ4n) is 4.03. The monoisotopic (exact) mass is 237 g/mol. The van der Waals surface area contributed by atoms with Crippen molar-refractivity contribution >= 4 is 5.97 Å². The molecule has 3 rings (SSSR count). The summed E-state index contributed by atoms with van der Waals surface area (Å²) in [5, 5.41) is 9.73. The molecule has 3 aliphatic rings. The van der Waals surface area contributed by atoms with Crippen LogP contribution < -0.4 is 0 Å². The highest BCUT2D eigenvalue weighted by Gasteiger charge is 2.50. The van der Waals surface area contributed by atoms with Gasteiger partial charge in [-0.25, -0.2) is 0 Å². The number of aliphatic carboxylic acids is 1. The quantitative estimate of drug-likeness (QED) is 0.820. The predicted octanol–water partition coefficient (Wildman–Crippen LogP) is 2.51. The normalized spacial score (nSPS) is 39.4. The first-order chi connectivity index (χ1) is 8.22. The second kappa shape index (κ2) is 4.27. The summed E-state index contributed by atoms with van der Waals surface area (Å²) in [6.45, 7) is 2.01. The maximum Gasteiger partial charge on any atom is 0.324 e. The van der Waals surface area contributed by atoms with Gasteiger partial charge in [0.25, 0.3) is 0 Å². The van der Waals surface area contributed by atoms with Gasteiger partial charge in [-0.2, -0.15) is 0 Å². The van der Waals surface area contributed by atoms with Crippen molar-refractivity contribution in [2.24, 2.45) is 11.8 Å². The van der Waals surface area contributed by atoms with Gasteiger partial charge in [0.05, 0.1) is 0 Å². The van der Waals surface area contributed by atoms with Gasteiger partial charge in [0.2, 0.25) is 0 Å². The van der Waals surface area contributed by atoms with Crippen molar-refractivity contribution in [1.29, 1.82) is 0 Å². The molecule has 2 saturated carbocycles. The summed E-state index contributed by atoms with van der Waals surface area (Å²) < 4.78 is 0. The predicted molar refractivity (Wildman–Crippen MR) is 65.9 cm³/mol. The van der Waals surface area contributed by atoms with Gasteiger partial charge in [-0.05, 0) is 63.5 Å². The standard InChI is InChI=1S/C14H23NO2/c16-13(17)14(15-8-1-2-9-15)7-3-4-12(10-14)11-5-6-11/h11-12H,1-10H2,(H,16,17). The third-order valence-electron chi connectivity index (χ3n) is 5.16. The summed E-state index contributed by atoms with van der Waals surface area (Å²) in [5.74, 6) is 1.00. The van der Waals surface area contributed by atoms with E-state index >= 15 is 0 Å². The van der Waals surface area contributed by atoms with Crippen molar-refractivity contribution in [2.75, 3.05) is 13.1 Å². The van der Waals surface area contributed by atoms with Gasteiger partial charge in [-0.3, -0.25) is 9.69 Å². The van der Waals surface area contributed by atoms with Crippen LogP contribution in [0.5, 0.6) is 0 Å². The second-order valence-corrected chi connectivity index (χ2v) is 6.22. The molecule has 1 N–H and O–H groups in total.